The number of nitrogens with zero attached hydrogens (tertiary/aromatic N) is 1. The van der Waals surface area contributed by atoms with Crippen LogP contribution in [0.1, 0.15) is 5.56 Å². The third-order valence-corrected chi connectivity index (χ3v) is 4.15. The van der Waals surface area contributed by atoms with Gasteiger partial charge in [0, 0.05) is 17.1 Å². The monoisotopic (exact) mass is 408 g/mol. The van der Waals surface area contributed by atoms with Gasteiger partial charge < -0.3 is 5.32 Å². The van der Waals surface area contributed by atoms with E-state index < -0.39 is 4.92 Å². The van der Waals surface area contributed by atoms with Crippen LogP contribution in [0, 0.1) is 10.1 Å². The lowest BCUT2D eigenvalue weighted by atomic mass is 10.1. The summed E-state index contributed by atoms with van der Waals surface area (Å²) >= 11 is 21.5. The van der Waals surface area contributed by atoms with Crippen LogP contribution in [0.25, 0.3) is 0 Å². The van der Waals surface area contributed by atoms with Crippen molar-refractivity contribution >= 4 is 62.1 Å². The summed E-state index contributed by atoms with van der Waals surface area (Å²) in [5.41, 5.74) is 0.814. The van der Waals surface area contributed by atoms with Crippen molar-refractivity contribution < 1.29 is 4.92 Å². The van der Waals surface area contributed by atoms with Crippen LogP contribution in [-0.4, -0.2) is 4.92 Å². The van der Waals surface area contributed by atoms with E-state index in [1.165, 1.54) is 12.1 Å². The fraction of sp³-hybridized carbons (Fsp3) is 0.0769. The van der Waals surface area contributed by atoms with Gasteiger partial charge in [-0.1, -0.05) is 56.8 Å². The first-order valence-corrected chi connectivity index (χ1v) is 7.63. The zero-order valence-electron chi connectivity index (χ0n) is 10.4. The molecule has 0 radical (unpaired) electrons. The highest BCUT2D eigenvalue weighted by atomic mass is 79.9. The number of benzene rings is 2. The Hall–Kier alpha value is -1.01. The molecule has 0 amide bonds. The Bertz CT molecular complexity index is 687. The van der Waals surface area contributed by atoms with E-state index in [1.807, 2.05) is 0 Å². The third kappa shape index (κ3) is 3.80. The van der Waals surface area contributed by atoms with E-state index in [0.29, 0.717) is 26.3 Å². The molecule has 0 aromatic heterocycles. The summed E-state index contributed by atoms with van der Waals surface area (Å²) in [6.45, 7) is 0.136. The zero-order valence-corrected chi connectivity index (χ0v) is 14.2. The number of rotatable bonds is 4. The van der Waals surface area contributed by atoms with E-state index in [2.05, 4.69) is 21.2 Å². The van der Waals surface area contributed by atoms with Gasteiger partial charge in [0.05, 0.1) is 31.2 Å². The first kappa shape index (κ1) is 16.4. The molecule has 2 rings (SSSR count). The number of anilines is 1. The van der Waals surface area contributed by atoms with Crippen molar-refractivity contribution in [2.45, 2.75) is 6.54 Å². The lowest BCUT2D eigenvalue weighted by Gasteiger charge is -2.12. The van der Waals surface area contributed by atoms with Gasteiger partial charge in [0.1, 0.15) is 0 Å². The topological polar surface area (TPSA) is 55.2 Å². The first-order valence-electron chi connectivity index (χ1n) is 5.70. The molecular formula is C13H8BrCl3N2O2. The Morgan fingerprint density at radius 1 is 1.14 bits per heavy atom. The molecule has 1 N–H and O–H groups in total. The second-order valence-corrected chi connectivity index (χ2v) is 6.23. The van der Waals surface area contributed by atoms with Crippen molar-refractivity contribution in [3.63, 3.8) is 0 Å². The molecule has 0 aliphatic rings. The maximum Gasteiger partial charge on any atom is 0.275 e. The van der Waals surface area contributed by atoms with E-state index >= 15 is 0 Å². The molecule has 0 bridgehead atoms. The lowest BCUT2D eigenvalue weighted by molar-refractivity contribution is -0.385. The van der Waals surface area contributed by atoms with Gasteiger partial charge in [0.2, 0.25) is 0 Å². The number of nitro groups is 1. The fourth-order valence-corrected chi connectivity index (χ4v) is 3.36. The molecule has 0 fully saturated rings. The zero-order chi connectivity index (χ0) is 15.6. The minimum atomic E-state index is -0.478. The highest BCUT2D eigenvalue weighted by Gasteiger charge is 2.17. The smallest absolute Gasteiger partial charge is 0.275 e. The molecular weight excluding hydrogens is 402 g/mol. The fourth-order valence-electron chi connectivity index (χ4n) is 1.78. The summed E-state index contributed by atoms with van der Waals surface area (Å²) in [5, 5.41) is 15.1. The van der Waals surface area contributed by atoms with E-state index in [9.17, 15) is 10.1 Å². The quantitative estimate of drug-likeness (QED) is 0.502. The number of nitro benzene ring substituents is 1. The summed E-state index contributed by atoms with van der Waals surface area (Å²) in [7, 11) is 0. The van der Waals surface area contributed by atoms with E-state index in [0.717, 1.165) is 4.47 Å². The molecule has 0 saturated carbocycles. The van der Waals surface area contributed by atoms with Gasteiger partial charge in [0.15, 0.2) is 0 Å². The van der Waals surface area contributed by atoms with E-state index in [4.69, 9.17) is 34.8 Å². The van der Waals surface area contributed by atoms with Crippen LogP contribution in [0.2, 0.25) is 15.1 Å². The molecule has 2 aromatic rings. The molecule has 0 aliphatic carbocycles. The number of hydrogen-bond acceptors (Lipinski definition) is 3. The minimum absolute atomic E-state index is 0.0562. The second-order valence-electron chi connectivity index (χ2n) is 4.09. The van der Waals surface area contributed by atoms with Crippen LogP contribution in [0.4, 0.5) is 11.4 Å². The van der Waals surface area contributed by atoms with Crippen LogP contribution in [-0.2, 0) is 6.54 Å². The van der Waals surface area contributed by atoms with Crippen LogP contribution >= 0.6 is 50.7 Å². The van der Waals surface area contributed by atoms with Gasteiger partial charge in [-0.3, -0.25) is 10.1 Å². The molecule has 4 nitrogen and oxygen atoms in total. The average molecular weight is 410 g/mol. The van der Waals surface area contributed by atoms with Gasteiger partial charge in [-0.05, 0) is 18.2 Å². The van der Waals surface area contributed by atoms with Gasteiger partial charge in [-0.15, -0.1) is 0 Å². The van der Waals surface area contributed by atoms with Crippen LogP contribution < -0.4 is 5.32 Å². The van der Waals surface area contributed by atoms with Crippen molar-refractivity contribution in [3.8, 4) is 0 Å². The summed E-state index contributed by atoms with van der Waals surface area (Å²) in [4.78, 5) is 10.5. The van der Waals surface area contributed by atoms with Crippen molar-refractivity contribution in [2.75, 3.05) is 5.32 Å². The first-order chi connectivity index (χ1) is 9.90. The normalized spacial score (nSPS) is 10.5. The Morgan fingerprint density at radius 3 is 2.33 bits per heavy atom. The van der Waals surface area contributed by atoms with Gasteiger partial charge >= 0.3 is 0 Å². The second kappa shape index (κ2) is 6.83. The summed E-state index contributed by atoms with van der Waals surface area (Å²) < 4.78 is 0.742. The van der Waals surface area contributed by atoms with Crippen molar-refractivity contribution in [1.29, 1.82) is 0 Å². The summed E-state index contributed by atoms with van der Waals surface area (Å²) in [6.07, 6.45) is 0. The molecule has 0 heterocycles. The number of hydrogen-bond donors (Lipinski definition) is 1. The molecule has 0 atom stereocenters. The molecule has 110 valence electrons. The number of halogens is 4. The summed E-state index contributed by atoms with van der Waals surface area (Å²) in [5.74, 6) is 0. The Morgan fingerprint density at radius 2 is 1.76 bits per heavy atom. The maximum atomic E-state index is 11.0. The van der Waals surface area contributed by atoms with Crippen molar-refractivity contribution in [3.05, 3.63) is 65.6 Å². The van der Waals surface area contributed by atoms with Crippen LogP contribution in [0.5, 0.6) is 0 Å². The maximum absolute atomic E-state index is 11.0. The van der Waals surface area contributed by atoms with Crippen LogP contribution in [0.3, 0.4) is 0 Å². The molecule has 0 aliphatic heterocycles. The third-order valence-electron chi connectivity index (χ3n) is 2.74. The molecule has 21 heavy (non-hydrogen) atoms. The Kier molecular flexibility index (Phi) is 5.32. The highest BCUT2D eigenvalue weighted by Crippen LogP contribution is 2.35. The molecule has 0 unspecified atom stereocenters. The standard InChI is InChI=1S/C13H8BrCl3N2O2/c14-7-4-10(16)13(11(17)5-7)18-6-8-9(15)2-1-3-12(8)19(20)21/h1-5,18H,6H2. The lowest BCUT2D eigenvalue weighted by Crippen LogP contribution is -2.04. The Balaban J connectivity index is 2.31. The van der Waals surface area contributed by atoms with E-state index in [1.54, 1.807) is 18.2 Å². The SMILES string of the molecule is O=[N+]([O-])c1cccc(Cl)c1CNc1c(Cl)cc(Br)cc1Cl. The van der Waals surface area contributed by atoms with Gasteiger partial charge in [0.25, 0.3) is 5.69 Å². The molecule has 8 heteroatoms. The highest BCUT2D eigenvalue weighted by molar-refractivity contribution is 9.10. The molecule has 0 spiro atoms. The molecule has 2 aromatic carbocycles. The van der Waals surface area contributed by atoms with Gasteiger partial charge in [-0.2, -0.15) is 0 Å². The van der Waals surface area contributed by atoms with Gasteiger partial charge in [-0.25, -0.2) is 0 Å². The largest absolute Gasteiger partial charge is 0.378 e. The predicted molar refractivity (Wildman–Crippen MR) is 89.6 cm³/mol. The Labute approximate surface area is 144 Å². The average Bonchev–Trinajstić information content (AvgIpc) is 2.38. The summed E-state index contributed by atoms with van der Waals surface area (Å²) in [6, 6.07) is 7.88. The number of nitrogens with one attached hydrogen (secondary N) is 1. The van der Waals surface area contributed by atoms with E-state index in [-0.39, 0.29) is 12.2 Å². The van der Waals surface area contributed by atoms with Crippen molar-refractivity contribution in [2.24, 2.45) is 0 Å². The minimum Gasteiger partial charge on any atom is -0.378 e. The predicted octanol–water partition coefficient (Wildman–Crippen LogP) is 5.93. The van der Waals surface area contributed by atoms with Crippen molar-refractivity contribution in [1.82, 2.24) is 0 Å². The van der Waals surface area contributed by atoms with Crippen LogP contribution in [0.15, 0.2) is 34.8 Å². The molecule has 0 saturated heterocycles.